The number of aryl methyl sites for hydroxylation is 1. The van der Waals surface area contributed by atoms with Gasteiger partial charge in [0.2, 0.25) is 0 Å². The summed E-state index contributed by atoms with van der Waals surface area (Å²) in [5.74, 6) is 1.52. The van der Waals surface area contributed by atoms with Crippen molar-refractivity contribution in [2.45, 2.75) is 45.9 Å². The van der Waals surface area contributed by atoms with Gasteiger partial charge in [-0.05, 0) is 56.0 Å². The maximum Gasteiger partial charge on any atom is 0.251 e. The van der Waals surface area contributed by atoms with Gasteiger partial charge in [0.1, 0.15) is 12.4 Å². The van der Waals surface area contributed by atoms with Gasteiger partial charge >= 0.3 is 0 Å². The van der Waals surface area contributed by atoms with Crippen LogP contribution in [0.5, 0.6) is 5.75 Å². The lowest BCUT2D eigenvalue weighted by atomic mass is 10.1. The molecule has 2 aromatic rings. The number of aliphatic imine (C=N–C) groups is 1. The lowest BCUT2D eigenvalue weighted by Crippen LogP contribution is -2.36. The summed E-state index contributed by atoms with van der Waals surface area (Å²) in [4.78, 5) is 16.2. The Morgan fingerprint density at radius 3 is 2.59 bits per heavy atom. The van der Waals surface area contributed by atoms with E-state index in [0.29, 0.717) is 37.8 Å². The van der Waals surface area contributed by atoms with Crippen LogP contribution in [0.4, 0.5) is 0 Å². The minimum atomic E-state index is -0.0555. The number of rotatable bonds is 9. The number of carbonyl (C=O) groups is 1. The summed E-state index contributed by atoms with van der Waals surface area (Å²) in [6, 6.07) is 13.8. The Morgan fingerprint density at radius 2 is 1.91 bits per heavy atom. The van der Waals surface area contributed by atoms with E-state index in [-0.39, 0.29) is 12.0 Å². The molecule has 0 aliphatic carbocycles. The van der Waals surface area contributed by atoms with Crippen LogP contribution in [0.2, 0.25) is 0 Å². The van der Waals surface area contributed by atoms with E-state index in [1.165, 1.54) is 0 Å². The Labute approximate surface area is 190 Å². The van der Waals surface area contributed by atoms with Crippen LogP contribution < -0.4 is 20.7 Å². The van der Waals surface area contributed by atoms with Crippen molar-refractivity contribution in [2.24, 2.45) is 4.99 Å². The molecule has 3 rings (SSSR count). The number of amides is 1. The molecule has 1 atom stereocenters. The van der Waals surface area contributed by atoms with Crippen LogP contribution in [0, 0.1) is 6.92 Å². The highest BCUT2D eigenvalue weighted by molar-refractivity contribution is 5.94. The summed E-state index contributed by atoms with van der Waals surface area (Å²) in [6.07, 6.45) is 2.35. The van der Waals surface area contributed by atoms with E-state index in [2.05, 4.69) is 46.1 Å². The van der Waals surface area contributed by atoms with Crippen LogP contribution in [0.3, 0.4) is 0 Å². The van der Waals surface area contributed by atoms with Gasteiger partial charge in [-0.3, -0.25) is 9.79 Å². The van der Waals surface area contributed by atoms with Crippen molar-refractivity contribution in [2.75, 3.05) is 26.8 Å². The van der Waals surface area contributed by atoms with Crippen LogP contribution >= 0.6 is 0 Å². The molecule has 1 aliphatic heterocycles. The van der Waals surface area contributed by atoms with Crippen LogP contribution in [0.15, 0.2) is 47.5 Å². The normalized spacial score (nSPS) is 16.0. The summed E-state index contributed by atoms with van der Waals surface area (Å²) in [7, 11) is 1.75. The SMILES string of the molecule is CCNC(=O)c1ccc(CNC(=NC)NCc2ccc(C)cc2OCC2CCCO2)cc1. The zero-order valence-corrected chi connectivity index (χ0v) is 19.2. The molecule has 0 spiro atoms. The molecular formula is C25H34N4O3. The number of carbonyl (C=O) groups excluding carboxylic acids is 1. The maximum absolute atomic E-state index is 11.9. The molecule has 0 saturated carbocycles. The third-order valence-electron chi connectivity index (χ3n) is 5.35. The summed E-state index contributed by atoms with van der Waals surface area (Å²) in [5.41, 5.74) is 3.96. The Morgan fingerprint density at radius 1 is 1.12 bits per heavy atom. The van der Waals surface area contributed by atoms with Gasteiger partial charge in [0, 0.05) is 44.4 Å². The quantitative estimate of drug-likeness (QED) is 0.414. The fourth-order valence-electron chi connectivity index (χ4n) is 3.52. The Balaban J connectivity index is 1.52. The fraction of sp³-hybridized carbons (Fsp3) is 0.440. The Kier molecular flexibility index (Phi) is 8.92. The number of nitrogens with one attached hydrogen (secondary N) is 3. The molecule has 1 amide bonds. The highest BCUT2D eigenvalue weighted by atomic mass is 16.5. The van der Waals surface area contributed by atoms with Gasteiger partial charge < -0.3 is 25.4 Å². The molecule has 1 aliphatic rings. The number of hydrogen-bond acceptors (Lipinski definition) is 4. The zero-order chi connectivity index (χ0) is 22.8. The molecule has 3 N–H and O–H groups in total. The predicted octanol–water partition coefficient (Wildman–Crippen LogP) is 3.17. The van der Waals surface area contributed by atoms with E-state index in [1.807, 2.05) is 31.2 Å². The zero-order valence-electron chi connectivity index (χ0n) is 19.2. The molecule has 7 nitrogen and oxygen atoms in total. The maximum atomic E-state index is 11.9. The van der Waals surface area contributed by atoms with Crippen molar-refractivity contribution in [1.82, 2.24) is 16.0 Å². The summed E-state index contributed by atoms with van der Waals surface area (Å²) in [5, 5.41) is 9.47. The van der Waals surface area contributed by atoms with Crippen LogP contribution in [0.25, 0.3) is 0 Å². The van der Waals surface area contributed by atoms with E-state index < -0.39 is 0 Å². The molecule has 1 fully saturated rings. The van der Waals surface area contributed by atoms with Gasteiger partial charge in [-0.2, -0.15) is 0 Å². The highest BCUT2D eigenvalue weighted by Gasteiger charge is 2.17. The minimum absolute atomic E-state index is 0.0555. The number of ether oxygens (including phenoxy) is 2. The second kappa shape index (κ2) is 12.1. The summed E-state index contributed by atoms with van der Waals surface area (Å²) >= 11 is 0. The van der Waals surface area contributed by atoms with Gasteiger partial charge in [0.25, 0.3) is 5.91 Å². The second-order valence-corrected chi connectivity index (χ2v) is 7.89. The van der Waals surface area contributed by atoms with Crippen molar-refractivity contribution in [3.05, 3.63) is 64.7 Å². The van der Waals surface area contributed by atoms with Crippen molar-refractivity contribution >= 4 is 11.9 Å². The van der Waals surface area contributed by atoms with Gasteiger partial charge in [-0.1, -0.05) is 24.3 Å². The van der Waals surface area contributed by atoms with Gasteiger partial charge in [-0.15, -0.1) is 0 Å². The summed E-state index contributed by atoms with van der Waals surface area (Å²) in [6.45, 7) is 7.19. The second-order valence-electron chi connectivity index (χ2n) is 7.89. The van der Waals surface area contributed by atoms with Crippen molar-refractivity contribution < 1.29 is 14.3 Å². The smallest absolute Gasteiger partial charge is 0.251 e. The molecule has 32 heavy (non-hydrogen) atoms. The minimum Gasteiger partial charge on any atom is -0.491 e. The third kappa shape index (κ3) is 6.99. The summed E-state index contributed by atoms with van der Waals surface area (Å²) < 4.78 is 11.8. The molecule has 172 valence electrons. The molecule has 0 radical (unpaired) electrons. The molecule has 1 unspecified atom stereocenters. The van der Waals surface area contributed by atoms with Crippen LogP contribution in [-0.4, -0.2) is 44.8 Å². The molecule has 0 aromatic heterocycles. The van der Waals surface area contributed by atoms with Crippen LogP contribution in [0.1, 0.15) is 46.8 Å². The Hall–Kier alpha value is -3.06. The first-order valence-electron chi connectivity index (χ1n) is 11.2. The molecule has 1 heterocycles. The highest BCUT2D eigenvalue weighted by Crippen LogP contribution is 2.22. The topological polar surface area (TPSA) is 84.0 Å². The first-order chi connectivity index (χ1) is 15.6. The average molecular weight is 439 g/mol. The van der Waals surface area contributed by atoms with E-state index in [4.69, 9.17) is 9.47 Å². The third-order valence-corrected chi connectivity index (χ3v) is 5.35. The predicted molar refractivity (Wildman–Crippen MR) is 127 cm³/mol. The van der Waals surface area contributed by atoms with Crippen LogP contribution in [-0.2, 0) is 17.8 Å². The monoisotopic (exact) mass is 438 g/mol. The van der Waals surface area contributed by atoms with Gasteiger partial charge in [-0.25, -0.2) is 0 Å². The van der Waals surface area contributed by atoms with E-state index in [9.17, 15) is 4.79 Å². The van der Waals surface area contributed by atoms with Crippen molar-refractivity contribution in [1.29, 1.82) is 0 Å². The lowest BCUT2D eigenvalue weighted by molar-refractivity contribution is 0.0676. The van der Waals surface area contributed by atoms with E-state index >= 15 is 0 Å². The molecule has 2 aromatic carbocycles. The lowest BCUT2D eigenvalue weighted by Gasteiger charge is -2.17. The van der Waals surface area contributed by atoms with Crippen molar-refractivity contribution in [3.8, 4) is 5.75 Å². The standard InChI is InChI=1S/C25H34N4O3/c1-4-27-24(30)20-11-8-19(9-12-20)15-28-25(26-3)29-16-21-10-7-18(2)14-23(21)32-17-22-6-5-13-31-22/h7-12,14,22H,4-6,13,15-17H2,1-3H3,(H,27,30)(H2,26,28,29). The number of guanidine groups is 1. The molecule has 1 saturated heterocycles. The molecule has 0 bridgehead atoms. The number of benzene rings is 2. The van der Waals surface area contributed by atoms with Crippen molar-refractivity contribution in [3.63, 3.8) is 0 Å². The Bertz CT molecular complexity index is 906. The average Bonchev–Trinajstić information content (AvgIpc) is 3.33. The fourth-order valence-corrected chi connectivity index (χ4v) is 3.52. The first-order valence-corrected chi connectivity index (χ1v) is 11.2. The number of hydrogen-bond donors (Lipinski definition) is 3. The molecule has 7 heteroatoms. The van der Waals surface area contributed by atoms with E-state index in [1.54, 1.807) is 7.05 Å². The number of nitrogens with zero attached hydrogens (tertiary/aromatic N) is 1. The molecular weight excluding hydrogens is 404 g/mol. The van der Waals surface area contributed by atoms with Gasteiger partial charge in [0.15, 0.2) is 5.96 Å². The first kappa shape index (κ1) is 23.6. The van der Waals surface area contributed by atoms with E-state index in [0.717, 1.165) is 41.9 Å². The van der Waals surface area contributed by atoms with Gasteiger partial charge in [0.05, 0.1) is 6.10 Å². The largest absolute Gasteiger partial charge is 0.491 e.